The van der Waals surface area contributed by atoms with Gasteiger partial charge in [0.15, 0.2) is 0 Å². The fourth-order valence-electron chi connectivity index (χ4n) is 2.57. The van der Waals surface area contributed by atoms with Crippen LogP contribution in [0.4, 0.5) is 0 Å². The molecule has 0 amide bonds. The van der Waals surface area contributed by atoms with Crippen LogP contribution < -0.4 is 4.72 Å². The van der Waals surface area contributed by atoms with Crippen LogP contribution in [0.15, 0.2) is 18.5 Å². The molecule has 0 bridgehead atoms. The van der Waals surface area contributed by atoms with Gasteiger partial charge in [0, 0.05) is 44.0 Å². The monoisotopic (exact) mass is 284 g/mol. The molecule has 1 aromatic rings. The van der Waals surface area contributed by atoms with Crippen LogP contribution in [0.25, 0.3) is 0 Å². The van der Waals surface area contributed by atoms with Crippen molar-refractivity contribution in [3.8, 4) is 0 Å². The third kappa shape index (κ3) is 2.98. The fraction of sp³-hybridized carbons (Fsp3) is 0.750. The van der Waals surface area contributed by atoms with Gasteiger partial charge in [0.25, 0.3) is 10.2 Å². The van der Waals surface area contributed by atoms with Crippen molar-refractivity contribution in [2.24, 2.45) is 5.41 Å². The van der Waals surface area contributed by atoms with Crippen molar-refractivity contribution in [1.82, 2.24) is 18.8 Å². The van der Waals surface area contributed by atoms with Gasteiger partial charge in [-0.25, -0.2) is 4.72 Å². The van der Waals surface area contributed by atoms with Gasteiger partial charge < -0.3 is 0 Å². The van der Waals surface area contributed by atoms with Crippen molar-refractivity contribution in [3.63, 3.8) is 0 Å². The summed E-state index contributed by atoms with van der Waals surface area (Å²) < 4.78 is 30.4. The lowest BCUT2D eigenvalue weighted by Gasteiger charge is -2.20. The second kappa shape index (κ2) is 4.88. The van der Waals surface area contributed by atoms with E-state index in [1.165, 1.54) is 0 Å². The molecule has 1 aromatic heterocycles. The standard InChI is InChI=1S/C12H20N4O2S/c17-19(18,16-8-1-2-9-16)14-10-12(4-5-12)11-15-7-3-6-13-15/h3,6-7,14H,1-2,4-5,8-11H2. The van der Waals surface area contributed by atoms with E-state index in [0.29, 0.717) is 19.6 Å². The molecule has 1 saturated carbocycles. The molecule has 2 aliphatic rings. The van der Waals surface area contributed by atoms with Crippen LogP contribution in [0.1, 0.15) is 25.7 Å². The molecule has 0 radical (unpaired) electrons. The summed E-state index contributed by atoms with van der Waals surface area (Å²) in [5.74, 6) is 0. The van der Waals surface area contributed by atoms with Crippen LogP contribution in [0.5, 0.6) is 0 Å². The van der Waals surface area contributed by atoms with Crippen molar-refractivity contribution in [2.45, 2.75) is 32.2 Å². The van der Waals surface area contributed by atoms with Gasteiger partial charge in [-0.3, -0.25) is 4.68 Å². The zero-order valence-electron chi connectivity index (χ0n) is 11.0. The van der Waals surface area contributed by atoms with Gasteiger partial charge in [-0.2, -0.15) is 17.8 Å². The van der Waals surface area contributed by atoms with Crippen molar-refractivity contribution >= 4 is 10.2 Å². The molecule has 2 fully saturated rings. The van der Waals surface area contributed by atoms with Crippen LogP contribution in [-0.4, -0.2) is 42.1 Å². The van der Waals surface area contributed by atoms with Crippen LogP contribution in [0, 0.1) is 5.41 Å². The number of rotatable bonds is 6. The Kier molecular flexibility index (Phi) is 3.36. The summed E-state index contributed by atoms with van der Waals surface area (Å²) in [6, 6.07) is 1.89. The Morgan fingerprint density at radius 3 is 2.58 bits per heavy atom. The van der Waals surface area contributed by atoms with E-state index in [4.69, 9.17) is 0 Å². The molecule has 0 spiro atoms. The Bertz CT molecular complexity index is 516. The van der Waals surface area contributed by atoms with Crippen LogP contribution in [0.2, 0.25) is 0 Å². The number of aromatic nitrogens is 2. The van der Waals surface area contributed by atoms with E-state index in [2.05, 4.69) is 9.82 Å². The first-order valence-electron chi connectivity index (χ1n) is 6.82. The Morgan fingerprint density at radius 2 is 2.00 bits per heavy atom. The molecule has 7 heteroatoms. The first kappa shape index (κ1) is 13.1. The molecule has 0 unspecified atom stereocenters. The van der Waals surface area contributed by atoms with Gasteiger partial charge >= 0.3 is 0 Å². The SMILES string of the molecule is O=S(=O)(NCC1(Cn2cccn2)CC1)N1CCCC1. The first-order chi connectivity index (χ1) is 9.10. The van der Waals surface area contributed by atoms with E-state index in [0.717, 1.165) is 32.2 Å². The molecule has 1 aliphatic carbocycles. The minimum absolute atomic E-state index is 0.0683. The molecule has 3 rings (SSSR count). The molecular formula is C12H20N4O2S. The highest BCUT2D eigenvalue weighted by atomic mass is 32.2. The Balaban J connectivity index is 1.57. The molecule has 19 heavy (non-hydrogen) atoms. The van der Waals surface area contributed by atoms with Gasteiger partial charge in [0.05, 0.1) is 0 Å². The molecule has 2 heterocycles. The number of hydrogen-bond acceptors (Lipinski definition) is 3. The summed E-state index contributed by atoms with van der Waals surface area (Å²) in [6.45, 7) is 2.62. The van der Waals surface area contributed by atoms with E-state index in [-0.39, 0.29) is 5.41 Å². The predicted molar refractivity (Wildman–Crippen MR) is 71.6 cm³/mol. The molecule has 1 aliphatic heterocycles. The highest BCUT2D eigenvalue weighted by Gasteiger charge is 2.44. The summed E-state index contributed by atoms with van der Waals surface area (Å²) >= 11 is 0. The smallest absolute Gasteiger partial charge is 0.272 e. The van der Waals surface area contributed by atoms with Gasteiger partial charge in [0.1, 0.15) is 0 Å². The average Bonchev–Trinajstić information content (AvgIpc) is 2.86. The topological polar surface area (TPSA) is 67.2 Å². The van der Waals surface area contributed by atoms with Gasteiger partial charge in [-0.15, -0.1) is 0 Å². The second-order valence-corrected chi connectivity index (χ2v) is 7.39. The van der Waals surface area contributed by atoms with E-state index in [1.54, 1.807) is 10.5 Å². The lowest BCUT2D eigenvalue weighted by Crippen LogP contribution is -2.42. The highest BCUT2D eigenvalue weighted by molar-refractivity contribution is 7.87. The molecular weight excluding hydrogens is 264 g/mol. The van der Waals surface area contributed by atoms with Crippen molar-refractivity contribution in [1.29, 1.82) is 0 Å². The number of nitrogens with one attached hydrogen (secondary N) is 1. The van der Waals surface area contributed by atoms with Crippen LogP contribution in [-0.2, 0) is 16.8 Å². The van der Waals surface area contributed by atoms with Crippen molar-refractivity contribution in [3.05, 3.63) is 18.5 Å². The summed E-state index contributed by atoms with van der Waals surface area (Å²) in [5, 5.41) is 4.19. The third-order valence-corrected chi connectivity index (χ3v) is 5.60. The van der Waals surface area contributed by atoms with Crippen molar-refractivity contribution in [2.75, 3.05) is 19.6 Å². The normalized spacial score (nSPS) is 22.7. The van der Waals surface area contributed by atoms with Crippen LogP contribution in [0.3, 0.4) is 0 Å². The molecule has 106 valence electrons. The molecule has 1 saturated heterocycles. The Morgan fingerprint density at radius 1 is 1.26 bits per heavy atom. The Hall–Kier alpha value is -0.920. The summed E-state index contributed by atoms with van der Waals surface area (Å²) in [5.41, 5.74) is 0.0683. The molecule has 0 atom stereocenters. The summed E-state index contributed by atoms with van der Waals surface area (Å²) in [7, 11) is -3.28. The Labute approximate surface area is 114 Å². The van der Waals surface area contributed by atoms with E-state index in [1.807, 2.05) is 16.9 Å². The van der Waals surface area contributed by atoms with Crippen LogP contribution >= 0.6 is 0 Å². The second-order valence-electron chi connectivity index (χ2n) is 5.64. The zero-order chi connectivity index (χ0) is 13.3. The van der Waals surface area contributed by atoms with Gasteiger partial charge in [0.2, 0.25) is 0 Å². The van der Waals surface area contributed by atoms with E-state index >= 15 is 0 Å². The lowest BCUT2D eigenvalue weighted by molar-refractivity contribution is 0.384. The quantitative estimate of drug-likeness (QED) is 0.831. The predicted octanol–water partition coefficient (Wildman–Crippen LogP) is 0.593. The zero-order valence-corrected chi connectivity index (χ0v) is 11.8. The summed E-state index contributed by atoms with van der Waals surface area (Å²) in [4.78, 5) is 0. The maximum absolute atomic E-state index is 12.1. The molecule has 6 nitrogen and oxygen atoms in total. The minimum atomic E-state index is -3.28. The van der Waals surface area contributed by atoms with Gasteiger partial charge in [-0.1, -0.05) is 0 Å². The van der Waals surface area contributed by atoms with E-state index < -0.39 is 10.2 Å². The maximum Gasteiger partial charge on any atom is 0.279 e. The first-order valence-corrected chi connectivity index (χ1v) is 8.26. The van der Waals surface area contributed by atoms with Crippen molar-refractivity contribution < 1.29 is 8.42 Å². The fourth-order valence-corrected chi connectivity index (χ4v) is 3.98. The third-order valence-electron chi connectivity index (χ3n) is 4.05. The highest BCUT2D eigenvalue weighted by Crippen LogP contribution is 2.46. The molecule has 0 aromatic carbocycles. The lowest BCUT2D eigenvalue weighted by atomic mass is 10.1. The summed E-state index contributed by atoms with van der Waals surface area (Å²) in [6.07, 6.45) is 7.75. The average molecular weight is 284 g/mol. The van der Waals surface area contributed by atoms with Gasteiger partial charge in [-0.05, 0) is 31.7 Å². The largest absolute Gasteiger partial charge is 0.279 e. The maximum atomic E-state index is 12.1. The number of nitrogens with zero attached hydrogens (tertiary/aromatic N) is 3. The minimum Gasteiger partial charge on any atom is -0.272 e. The number of hydrogen-bond donors (Lipinski definition) is 1. The van der Waals surface area contributed by atoms with E-state index in [9.17, 15) is 8.42 Å². The molecule has 1 N–H and O–H groups in total.